The van der Waals surface area contributed by atoms with E-state index in [-0.39, 0.29) is 0 Å². The maximum absolute atomic E-state index is 13.2. The van der Waals surface area contributed by atoms with Crippen LogP contribution >= 0.6 is 0 Å². The van der Waals surface area contributed by atoms with E-state index in [0.29, 0.717) is 36.7 Å². The van der Waals surface area contributed by atoms with Crippen LogP contribution in [0.5, 0.6) is 5.75 Å². The Bertz CT molecular complexity index is 1130. The zero-order valence-electron chi connectivity index (χ0n) is 16.5. The van der Waals surface area contributed by atoms with Gasteiger partial charge in [0.15, 0.2) is 5.82 Å². The van der Waals surface area contributed by atoms with Crippen LogP contribution in [-0.2, 0) is 29.4 Å². The molecule has 1 aliphatic rings. The molecule has 0 saturated heterocycles. The summed E-state index contributed by atoms with van der Waals surface area (Å²) < 4.78 is 33.1. The predicted octanol–water partition coefficient (Wildman–Crippen LogP) is 3.46. The average Bonchev–Trinajstić information content (AvgIpc) is 2.78. The lowest BCUT2D eigenvalue weighted by Crippen LogP contribution is -2.37. The SMILES string of the molecule is CCc1ccccc1S(=O)(=O)N1CCc2nc(-c3ccc(OC)cc3)ncc2C1. The van der Waals surface area contributed by atoms with E-state index in [1.165, 1.54) is 4.31 Å². The number of methoxy groups -OCH3 is 1. The summed E-state index contributed by atoms with van der Waals surface area (Å²) in [5.74, 6) is 1.42. The Kier molecular flexibility index (Phi) is 5.34. The first-order valence-electron chi connectivity index (χ1n) is 9.60. The molecule has 7 heteroatoms. The first kappa shape index (κ1) is 19.5. The Morgan fingerprint density at radius 3 is 2.59 bits per heavy atom. The van der Waals surface area contributed by atoms with Gasteiger partial charge in [-0.15, -0.1) is 0 Å². The Morgan fingerprint density at radius 1 is 1.10 bits per heavy atom. The molecular formula is C22H23N3O3S. The molecular weight excluding hydrogens is 386 g/mol. The van der Waals surface area contributed by atoms with Gasteiger partial charge >= 0.3 is 0 Å². The van der Waals surface area contributed by atoms with Crippen LogP contribution < -0.4 is 4.74 Å². The summed E-state index contributed by atoms with van der Waals surface area (Å²) in [4.78, 5) is 9.55. The van der Waals surface area contributed by atoms with E-state index >= 15 is 0 Å². The van der Waals surface area contributed by atoms with Crippen molar-refractivity contribution in [2.45, 2.75) is 31.2 Å². The lowest BCUT2D eigenvalue weighted by molar-refractivity contribution is 0.386. The van der Waals surface area contributed by atoms with Gasteiger partial charge in [-0.2, -0.15) is 4.31 Å². The highest BCUT2D eigenvalue weighted by Gasteiger charge is 2.30. The van der Waals surface area contributed by atoms with E-state index in [0.717, 1.165) is 28.1 Å². The summed E-state index contributed by atoms with van der Waals surface area (Å²) in [5, 5.41) is 0. The van der Waals surface area contributed by atoms with Gasteiger partial charge in [-0.25, -0.2) is 18.4 Å². The number of fused-ring (bicyclic) bond motifs is 1. The van der Waals surface area contributed by atoms with Crippen molar-refractivity contribution in [3.63, 3.8) is 0 Å². The molecule has 3 aromatic rings. The third-order valence-electron chi connectivity index (χ3n) is 5.22. The largest absolute Gasteiger partial charge is 0.497 e. The van der Waals surface area contributed by atoms with E-state index in [4.69, 9.17) is 4.74 Å². The summed E-state index contributed by atoms with van der Waals surface area (Å²) in [5.41, 5.74) is 3.50. The Labute approximate surface area is 171 Å². The second kappa shape index (κ2) is 7.93. The van der Waals surface area contributed by atoms with Crippen LogP contribution in [0.15, 0.2) is 59.6 Å². The topological polar surface area (TPSA) is 72.4 Å². The van der Waals surface area contributed by atoms with Crippen LogP contribution in [-0.4, -0.2) is 36.3 Å². The number of ether oxygens (including phenoxy) is 1. The standard InChI is InChI=1S/C22H23N3O3S/c1-3-16-6-4-5-7-21(16)29(26,27)25-13-12-20-18(15-25)14-23-22(24-20)17-8-10-19(28-2)11-9-17/h4-11,14H,3,12-13,15H2,1-2H3. The van der Waals surface area contributed by atoms with Gasteiger partial charge in [-0.3, -0.25) is 0 Å². The summed E-state index contributed by atoms with van der Waals surface area (Å²) in [7, 11) is -1.93. The fraction of sp³-hybridized carbons (Fsp3) is 0.273. The molecule has 4 rings (SSSR count). The molecule has 0 bridgehead atoms. The number of aromatic nitrogens is 2. The maximum Gasteiger partial charge on any atom is 0.243 e. The van der Waals surface area contributed by atoms with Crippen LogP contribution in [0.1, 0.15) is 23.7 Å². The van der Waals surface area contributed by atoms with Gasteiger partial charge in [-0.1, -0.05) is 25.1 Å². The van der Waals surface area contributed by atoms with Crippen LogP contribution in [0.4, 0.5) is 0 Å². The summed E-state index contributed by atoms with van der Waals surface area (Å²) in [6, 6.07) is 14.8. The number of nitrogens with zero attached hydrogens (tertiary/aromatic N) is 3. The highest BCUT2D eigenvalue weighted by molar-refractivity contribution is 7.89. The summed E-state index contributed by atoms with van der Waals surface area (Å²) >= 11 is 0. The van der Waals surface area contributed by atoms with E-state index in [2.05, 4.69) is 9.97 Å². The Balaban J connectivity index is 1.60. The Hall–Kier alpha value is -2.77. The highest BCUT2D eigenvalue weighted by atomic mass is 32.2. The molecule has 0 saturated carbocycles. The molecule has 6 nitrogen and oxygen atoms in total. The smallest absolute Gasteiger partial charge is 0.243 e. The van der Waals surface area contributed by atoms with E-state index in [1.54, 1.807) is 25.4 Å². The zero-order valence-corrected chi connectivity index (χ0v) is 17.3. The van der Waals surface area contributed by atoms with Crippen LogP contribution in [0, 0.1) is 0 Å². The third kappa shape index (κ3) is 3.75. The minimum atomic E-state index is -3.55. The van der Waals surface area contributed by atoms with Crippen molar-refractivity contribution in [3.8, 4) is 17.1 Å². The number of rotatable bonds is 5. The van der Waals surface area contributed by atoms with Crippen molar-refractivity contribution >= 4 is 10.0 Å². The zero-order chi connectivity index (χ0) is 20.4. The summed E-state index contributed by atoms with van der Waals surface area (Å²) in [6.45, 7) is 2.67. The molecule has 0 fully saturated rings. The highest BCUT2D eigenvalue weighted by Crippen LogP contribution is 2.27. The molecule has 0 unspecified atom stereocenters. The molecule has 1 aliphatic heterocycles. The van der Waals surface area contributed by atoms with Crippen molar-refractivity contribution in [1.82, 2.24) is 14.3 Å². The van der Waals surface area contributed by atoms with Gasteiger partial charge in [0, 0.05) is 36.8 Å². The fourth-order valence-electron chi connectivity index (χ4n) is 3.56. The molecule has 150 valence electrons. The number of benzene rings is 2. The second-order valence-corrected chi connectivity index (χ2v) is 8.85. The number of aryl methyl sites for hydroxylation is 1. The number of hydrogen-bond donors (Lipinski definition) is 0. The Morgan fingerprint density at radius 2 is 1.86 bits per heavy atom. The molecule has 0 aliphatic carbocycles. The van der Waals surface area contributed by atoms with E-state index in [1.807, 2.05) is 43.3 Å². The van der Waals surface area contributed by atoms with Gasteiger partial charge in [0.2, 0.25) is 10.0 Å². The second-order valence-electron chi connectivity index (χ2n) is 6.94. The third-order valence-corrected chi connectivity index (χ3v) is 7.16. The fourth-order valence-corrected chi connectivity index (χ4v) is 5.27. The van der Waals surface area contributed by atoms with Gasteiger partial charge in [-0.05, 0) is 42.3 Å². The molecule has 1 aromatic heterocycles. The van der Waals surface area contributed by atoms with Crippen molar-refractivity contribution in [3.05, 3.63) is 71.5 Å². The lowest BCUT2D eigenvalue weighted by Gasteiger charge is -2.28. The number of hydrogen-bond acceptors (Lipinski definition) is 5. The molecule has 0 radical (unpaired) electrons. The molecule has 29 heavy (non-hydrogen) atoms. The van der Waals surface area contributed by atoms with E-state index < -0.39 is 10.0 Å². The molecule has 0 spiro atoms. The average molecular weight is 410 g/mol. The molecule has 2 heterocycles. The quantitative estimate of drug-likeness (QED) is 0.645. The molecule has 0 atom stereocenters. The van der Waals surface area contributed by atoms with Crippen molar-refractivity contribution in [1.29, 1.82) is 0 Å². The van der Waals surface area contributed by atoms with Crippen LogP contribution in [0.3, 0.4) is 0 Å². The van der Waals surface area contributed by atoms with Crippen LogP contribution in [0.2, 0.25) is 0 Å². The molecule has 2 aromatic carbocycles. The van der Waals surface area contributed by atoms with Gasteiger partial charge in [0.05, 0.1) is 17.7 Å². The number of sulfonamides is 1. The van der Waals surface area contributed by atoms with Crippen molar-refractivity contribution in [2.75, 3.05) is 13.7 Å². The first-order valence-corrected chi connectivity index (χ1v) is 11.0. The van der Waals surface area contributed by atoms with Crippen LogP contribution in [0.25, 0.3) is 11.4 Å². The van der Waals surface area contributed by atoms with Gasteiger partial charge < -0.3 is 4.74 Å². The maximum atomic E-state index is 13.2. The van der Waals surface area contributed by atoms with Crippen molar-refractivity contribution in [2.24, 2.45) is 0 Å². The lowest BCUT2D eigenvalue weighted by atomic mass is 10.1. The van der Waals surface area contributed by atoms with E-state index in [9.17, 15) is 8.42 Å². The van der Waals surface area contributed by atoms with Crippen molar-refractivity contribution < 1.29 is 13.2 Å². The van der Waals surface area contributed by atoms with Gasteiger partial charge in [0.25, 0.3) is 0 Å². The van der Waals surface area contributed by atoms with Gasteiger partial charge in [0.1, 0.15) is 5.75 Å². The minimum Gasteiger partial charge on any atom is -0.497 e. The first-order chi connectivity index (χ1) is 14.0. The normalized spacial score (nSPS) is 14.4. The minimum absolute atomic E-state index is 0.290. The molecule has 0 amide bonds. The summed E-state index contributed by atoms with van der Waals surface area (Å²) in [6.07, 6.45) is 2.98. The monoisotopic (exact) mass is 409 g/mol. The molecule has 0 N–H and O–H groups in total. The predicted molar refractivity (Wildman–Crippen MR) is 111 cm³/mol.